The average molecular weight is 433 g/mol. The van der Waals surface area contributed by atoms with Crippen molar-refractivity contribution in [2.75, 3.05) is 33.1 Å². The second-order valence-corrected chi connectivity index (χ2v) is 8.56. The third-order valence-corrected chi connectivity index (χ3v) is 6.70. The SMILES string of the molecule is O=C(NC1CCCC1)[C@H](c1cc2c(cc1[N+](=O)[O-])OCO2)N1CCC2(CC1)OCCO2. The van der Waals surface area contributed by atoms with E-state index in [0.29, 0.717) is 56.2 Å². The summed E-state index contributed by atoms with van der Waals surface area (Å²) in [6, 6.07) is 2.27. The number of benzene rings is 1. The number of fused-ring (bicyclic) bond motifs is 1. The van der Waals surface area contributed by atoms with Gasteiger partial charge in [-0.2, -0.15) is 0 Å². The lowest BCUT2D eigenvalue weighted by atomic mass is 9.96. The Labute approximate surface area is 179 Å². The van der Waals surface area contributed by atoms with E-state index >= 15 is 0 Å². The van der Waals surface area contributed by atoms with Gasteiger partial charge in [0.15, 0.2) is 17.3 Å². The molecule has 1 aromatic rings. The van der Waals surface area contributed by atoms with Crippen molar-refractivity contribution in [3.8, 4) is 11.5 Å². The third kappa shape index (κ3) is 3.95. The zero-order chi connectivity index (χ0) is 21.4. The van der Waals surface area contributed by atoms with Crippen molar-refractivity contribution in [1.82, 2.24) is 10.2 Å². The predicted molar refractivity (Wildman–Crippen MR) is 108 cm³/mol. The molecular weight excluding hydrogens is 406 g/mol. The summed E-state index contributed by atoms with van der Waals surface area (Å²) < 4.78 is 22.4. The number of rotatable bonds is 5. The van der Waals surface area contributed by atoms with Gasteiger partial charge in [-0.25, -0.2) is 0 Å². The second kappa shape index (κ2) is 8.25. The number of nitrogens with zero attached hydrogens (tertiary/aromatic N) is 2. The smallest absolute Gasteiger partial charge is 0.278 e. The molecule has 2 saturated heterocycles. The second-order valence-electron chi connectivity index (χ2n) is 8.56. The number of hydrogen-bond donors (Lipinski definition) is 1. The summed E-state index contributed by atoms with van der Waals surface area (Å²) in [7, 11) is 0. The van der Waals surface area contributed by atoms with E-state index in [1.165, 1.54) is 6.07 Å². The molecule has 1 saturated carbocycles. The number of amides is 1. The Hall–Kier alpha value is -2.43. The Kier molecular flexibility index (Phi) is 5.45. The van der Waals surface area contributed by atoms with Crippen LogP contribution in [-0.4, -0.2) is 60.7 Å². The first-order chi connectivity index (χ1) is 15.0. The van der Waals surface area contributed by atoms with Crippen LogP contribution in [0.4, 0.5) is 5.69 Å². The molecule has 10 heteroatoms. The highest BCUT2D eigenvalue weighted by molar-refractivity contribution is 5.85. The van der Waals surface area contributed by atoms with Crippen molar-refractivity contribution in [2.45, 2.75) is 56.4 Å². The fourth-order valence-electron chi connectivity index (χ4n) is 5.09. The van der Waals surface area contributed by atoms with E-state index in [0.717, 1.165) is 25.7 Å². The van der Waals surface area contributed by atoms with Gasteiger partial charge in [-0.05, 0) is 18.9 Å². The van der Waals surface area contributed by atoms with Crippen LogP contribution in [0.1, 0.15) is 50.1 Å². The van der Waals surface area contributed by atoms with Crippen molar-refractivity contribution in [1.29, 1.82) is 0 Å². The van der Waals surface area contributed by atoms with Gasteiger partial charge in [-0.15, -0.1) is 0 Å². The maximum absolute atomic E-state index is 13.5. The van der Waals surface area contributed by atoms with Crippen molar-refractivity contribution in [2.24, 2.45) is 0 Å². The number of ether oxygens (including phenoxy) is 4. The summed E-state index contributed by atoms with van der Waals surface area (Å²) in [6.45, 7) is 2.22. The summed E-state index contributed by atoms with van der Waals surface area (Å²) >= 11 is 0. The Morgan fingerprint density at radius 1 is 1.13 bits per heavy atom. The Balaban J connectivity index is 1.47. The fourth-order valence-corrected chi connectivity index (χ4v) is 5.09. The molecule has 3 fully saturated rings. The van der Waals surface area contributed by atoms with Crippen molar-refractivity contribution in [3.63, 3.8) is 0 Å². The van der Waals surface area contributed by atoms with Gasteiger partial charge < -0.3 is 24.3 Å². The molecule has 1 atom stereocenters. The van der Waals surface area contributed by atoms with E-state index in [-0.39, 0.29) is 24.4 Å². The van der Waals surface area contributed by atoms with Crippen molar-refractivity contribution >= 4 is 11.6 Å². The zero-order valence-electron chi connectivity index (χ0n) is 17.3. The van der Waals surface area contributed by atoms with Gasteiger partial charge in [0.25, 0.3) is 5.69 Å². The molecule has 168 valence electrons. The summed E-state index contributed by atoms with van der Waals surface area (Å²) in [6.07, 6.45) is 5.26. The third-order valence-electron chi connectivity index (χ3n) is 6.70. The van der Waals surface area contributed by atoms with Gasteiger partial charge in [-0.3, -0.25) is 19.8 Å². The van der Waals surface area contributed by atoms with E-state index < -0.39 is 16.8 Å². The maximum atomic E-state index is 13.5. The average Bonchev–Trinajstić information content (AvgIpc) is 3.51. The van der Waals surface area contributed by atoms with Crippen LogP contribution in [0.15, 0.2) is 12.1 Å². The van der Waals surface area contributed by atoms with Crippen LogP contribution in [-0.2, 0) is 14.3 Å². The van der Waals surface area contributed by atoms with Crippen LogP contribution >= 0.6 is 0 Å². The summed E-state index contributed by atoms with van der Waals surface area (Å²) in [5.41, 5.74) is 0.193. The molecule has 31 heavy (non-hydrogen) atoms. The van der Waals surface area contributed by atoms with Crippen LogP contribution in [0.25, 0.3) is 0 Å². The Bertz CT molecular complexity index is 855. The Morgan fingerprint density at radius 2 is 1.77 bits per heavy atom. The van der Waals surface area contributed by atoms with Crippen LogP contribution in [0, 0.1) is 10.1 Å². The Morgan fingerprint density at radius 3 is 2.42 bits per heavy atom. The molecule has 5 rings (SSSR count). The first kappa shape index (κ1) is 20.5. The van der Waals surface area contributed by atoms with Crippen LogP contribution < -0.4 is 14.8 Å². The lowest BCUT2D eigenvalue weighted by Gasteiger charge is -2.40. The standard InChI is InChI=1S/C21H27N3O7/c25-20(22-14-3-1-2-4-14)19(23-7-5-21(6-8-23)30-9-10-31-21)15-11-17-18(29-13-28-17)12-16(15)24(26)27/h11-12,14,19H,1-10,13H2,(H,22,25)/t19-/m0/s1. The van der Waals surface area contributed by atoms with Gasteiger partial charge >= 0.3 is 0 Å². The van der Waals surface area contributed by atoms with E-state index in [9.17, 15) is 14.9 Å². The van der Waals surface area contributed by atoms with Gasteiger partial charge in [-0.1, -0.05) is 12.8 Å². The van der Waals surface area contributed by atoms with E-state index in [2.05, 4.69) is 5.32 Å². The highest BCUT2D eigenvalue weighted by Gasteiger charge is 2.44. The predicted octanol–water partition coefficient (Wildman–Crippen LogP) is 2.26. The van der Waals surface area contributed by atoms with Crippen molar-refractivity contribution in [3.05, 3.63) is 27.8 Å². The topological polar surface area (TPSA) is 112 Å². The molecule has 3 heterocycles. The fraction of sp³-hybridized carbons (Fsp3) is 0.667. The summed E-state index contributed by atoms with van der Waals surface area (Å²) in [5, 5.41) is 15.0. The van der Waals surface area contributed by atoms with Crippen LogP contribution in [0.5, 0.6) is 11.5 Å². The van der Waals surface area contributed by atoms with Crippen molar-refractivity contribution < 1.29 is 28.7 Å². The first-order valence-electron chi connectivity index (χ1n) is 10.9. The number of hydrogen-bond acceptors (Lipinski definition) is 8. The zero-order valence-corrected chi connectivity index (χ0v) is 17.3. The van der Waals surface area contributed by atoms with Gasteiger partial charge in [0.1, 0.15) is 6.04 Å². The highest BCUT2D eigenvalue weighted by Crippen LogP contribution is 2.43. The maximum Gasteiger partial charge on any atom is 0.278 e. The lowest BCUT2D eigenvalue weighted by molar-refractivity contribution is -0.386. The minimum Gasteiger partial charge on any atom is -0.454 e. The molecule has 10 nitrogen and oxygen atoms in total. The van der Waals surface area contributed by atoms with Gasteiger partial charge in [0.05, 0.1) is 29.8 Å². The number of likely N-dealkylation sites (tertiary alicyclic amines) is 1. The minimum absolute atomic E-state index is 0.00971. The molecule has 4 aliphatic rings. The number of nitro benzene ring substituents is 1. The van der Waals surface area contributed by atoms with E-state index in [4.69, 9.17) is 18.9 Å². The molecule has 0 bridgehead atoms. The van der Waals surface area contributed by atoms with Gasteiger partial charge in [0, 0.05) is 32.0 Å². The number of nitro groups is 1. The molecule has 1 amide bonds. The molecule has 1 aromatic carbocycles. The summed E-state index contributed by atoms with van der Waals surface area (Å²) in [5.74, 6) is -0.0481. The normalized spacial score (nSPS) is 23.9. The summed E-state index contributed by atoms with van der Waals surface area (Å²) in [4.78, 5) is 26.9. The number of carbonyl (C=O) groups is 1. The quantitative estimate of drug-likeness (QED) is 0.556. The number of nitrogens with one attached hydrogen (secondary N) is 1. The molecule has 1 aliphatic carbocycles. The molecule has 0 unspecified atom stereocenters. The first-order valence-corrected chi connectivity index (χ1v) is 10.9. The molecular formula is C21H27N3O7. The van der Waals surface area contributed by atoms with Crippen LogP contribution in [0.2, 0.25) is 0 Å². The minimum atomic E-state index is -0.797. The molecule has 1 spiro atoms. The molecule has 0 radical (unpaired) electrons. The van der Waals surface area contributed by atoms with Gasteiger partial charge in [0.2, 0.25) is 12.7 Å². The number of piperidine rings is 1. The number of carbonyl (C=O) groups excluding carboxylic acids is 1. The lowest BCUT2D eigenvalue weighted by Crippen LogP contribution is -2.50. The highest BCUT2D eigenvalue weighted by atomic mass is 16.7. The molecule has 0 aromatic heterocycles. The monoisotopic (exact) mass is 433 g/mol. The van der Waals surface area contributed by atoms with E-state index in [1.54, 1.807) is 6.07 Å². The largest absolute Gasteiger partial charge is 0.454 e. The van der Waals surface area contributed by atoms with E-state index in [1.807, 2.05) is 4.90 Å². The van der Waals surface area contributed by atoms with Crippen LogP contribution in [0.3, 0.4) is 0 Å². The molecule has 3 aliphatic heterocycles. The molecule has 1 N–H and O–H groups in total.